The molecular weight excluding hydrogens is 278 g/mol. The first-order valence-corrected chi connectivity index (χ1v) is 7.03. The van der Waals surface area contributed by atoms with Gasteiger partial charge in [0.1, 0.15) is 0 Å². The second-order valence-electron chi connectivity index (χ2n) is 4.78. The van der Waals surface area contributed by atoms with E-state index >= 15 is 0 Å². The van der Waals surface area contributed by atoms with E-state index in [9.17, 15) is 0 Å². The molecule has 0 amide bonds. The minimum Gasteiger partial charge on any atom is -0.419 e. The van der Waals surface area contributed by atoms with Crippen molar-refractivity contribution in [2.75, 3.05) is 26.3 Å². The summed E-state index contributed by atoms with van der Waals surface area (Å²) in [6.07, 6.45) is 0. The van der Waals surface area contributed by atoms with Gasteiger partial charge in [0.15, 0.2) is 0 Å². The highest BCUT2D eigenvalue weighted by atomic mass is 35.5. The fourth-order valence-electron chi connectivity index (χ4n) is 2.26. The monoisotopic (exact) mass is 293 g/mol. The van der Waals surface area contributed by atoms with Gasteiger partial charge in [-0.1, -0.05) is 17.7 Å². The van der Waals surface area contributed by atoms with Crippen molar-refractivity contribution in [2.45, 2.75) is 13.0 Å². The lowest BCUT2D eigenvalue weighted by molar-refractivity contribution is 0.0147. The molecule has 1 aliphatic heterocycles. The first-order chi connectivity index (χ1) is 9.74. The van der Waals surface area contributed by atoms with Crippen molar-refractivity contribution in [3.05, 3.63) is 35.2 Å². The quantitative estimate of drug-likeness (QED) is 0.871. The van der Waals surface area contributed by atoms with Crippen LogP contribution >= 0.6 is 11.6 Å². The molecule has 0 radical (unpaired) electrons. The van der Waals surface area contributed by atoms with Crippen LogP contribution in [0.4, 0.5) is 0 Å². The zero-order chi connectivity index (χ0) is 13.9. The van der Waals surface area contributed by atoms with Crippen LogP contribution in [0.5, 0.6) is 0 Å². The Hall–Kier alpha value is -1.43. The molecule has 5 nitrogen and oxygen atoms in total. The normalized spacial score (nSPS) is 18.1. The topological polar surface area (TPSA) is 51.4 Å². The van der Waals surface area contributed by atoms with E-state index in [0.717, 1.165) is 31.9 Å². The first-order valence-electron chi connectivity index (χ1n) is 6.65. The number of aromatic nitrogens is 2. The molecule has 1 unspecified atom stereocenters. The Morgan fingerprint density at radius 2 is 2.05 bits per heavy atom. The number of morpholine rings is 1. The average molecular weight is 294 g/mol. The molecule has 3 rings (SSSR count). The molecule has 0 saturated carbocycles. The molecule has 1 saturated heterocycles. The second kappa shape index (κ2) is 5.91. The van der Waals surface area contributed by atoms with E-state index in [1.807, 2.05) is 24.3 Å². The highest BCUT2D eigenvalue weighted by Gasteiger charge is 2.23. The SMILES string of the molecule is CC(c1nnc(-c2cccc(Cl)c2)o1)N1CCOCC1. The largest absolute Gasteiger partial charge is 0.419 e. The third kappa shape index (κ3) is 2.85. The number of nitrogens with zero attached hydrogens (tertiary/aromatic N) is 3. The maximum Gasteiger partial charge on any atom is 0.247 e. The third-order valence-electron chi connectivity index (χ3n) is 3.46. The van der Waals surface area contributed by atoms with Crippen molar-refractivity contribution in [2.24, 2.45) is 0 Å². The second-order valence-corrected chi connectivity index (χ2v) is 5.22. The van der Waals surface area contributed by atoms with Gasteiger partial charge in [-0.2, -0.15) is 0 Å². The molecule has 20 heavy (non-hydrogen) atoms. The van der Waals surface area contributed by atoms with E-state index in [4.69, 9.17) is 20.8 Å². The summed E-state index contributed by atoms with van der Waals surface area (Å²) in [5.74, 6) is 1.13. The summed E-state index contributed by atoms with van der Waals surface area (Å²) < 4.78 is 11.1. The minimum absolute atomic E-state index is 0.0966. The summed E-state index contributed by atoms with van der Waals surface area (Å²) >= 11 is 5.97. The van der Waals surface area contributed by atoms with Gasteiger partial charge in [-0.15, -0.1) is 10.2 Å². The molecule has 2 heterocycles. The van der Waals surface area contributed by atoms with Gasteiger partial charge in [0.25, 0.3) is 0 Å². The number of benzene rings is 1. The van der Waals surface area contributed by atoms with Crippen LogP contribution in [0.2, 0.25) is 5.02 Å². The van der Waals surface area contributed by atoms with Crippen LogP contribution < -0.4 is 0 Å². The number of halogens is 1. The van der Waals surface area contributed by atoms with Crippen LogP contribution in [0.15, 0.2) is 28.7 Å². The summed E-state index contributed by atoms with van der Waals surface area (Å²) in [6, 6.07) is 7.51. The Kier molecular flexibility index (Phi) is 4.00. The molecule has 0 bridgehead atoms. The van der Waals surface area contributed by atoms with E-state index in [0.29, 0.717) is 16.8 Å². The van der Waals surface area contributed by atoms with Gasteiger partial charge >= 0.3 is 0 Å². The molecule has 1 aromatic carbocycles. The van der Waals surface area contributed by atoms with Gasteiger partial charge in [0.05, 0.1) is 19.3 Å². The zero-order valence-corrected chi connectivity index (χ0v) is 12.0. The van der Waals surface area contributed by atoms with E-state index in [1.54, 1.807) is 0 Å². The molecule has 1 atom stereocenters. The highest BCUT2D eigenvalue weighted by molar-refractivity contribution is 6.30. The molecule has 1 aromatic heterocycles. The fraction of sp³-hybridized carbons (Fsp3) is 0.429. The Labute approximate surface area is 122 Å². The fourth-order valence-corrected chi connectivity index (χ4v) is 2.45. The van der Waals surface area contributed by atoms with Gasteiger partial charge in [0, 0.05) is 23.7 Å². The molecule has 6 heteroatoms. The van der Waals surface area contributed by atoms with E-state index in [2.05, 4.69) is 22.0 Å². The van der Waals surface area contributed by atoms with Crippen molar-refractivity contribution in [3.63, 3.8) is 0 Å². The van der Waals surface area contributed by atoms with Crippen LogP contribution in [-0.2, 0) is 4.74 Å². The summed E-state index contributed by atoms with van der Waals surface area (Å²) in [7, 11) is 0. The lowest BCUT2D eigenvalue weighted by atomic mass is 10.2. The molecule has 106 valence electrons. The van der Waals surface area contributed by atoms with Crippen LogP contribution in [-0.4, -0.2) is 41.4 Å². The molecule has 0 spiro atoms. The third-order valence-corrected chi connectivity index (χ3v) is 3.70. The van der Waals surface area contributed by atoms with Gasteiger partial charge < -0.3 is 9.15 Å². The maximum atomic E-state index is 5.97. The Morgan fingerprint density at radius 3 is 2.80 bits per heavy atom. The predicted octanol–water partition coefficient (Wildman–Crippen LogP) is 2.78. The van der Waals surface area contributed by atoms with Crippen molar-refractivity contribution < 1.29 is 9.15 Å². The van der Waals surface area contributed by atoms with Crippen molar-refractivity contribution in [1.82, 2.24) is 15.1 Å². The van der Waals surface area contributed by atoms with Crippen LogP contribution in [0, 0.1) is 0 Å². The Bertz CT molecular complexity index is 581. The van der Waals surface area contributed by atoms with Crippen LogP contribution in [0.3, 0.4) is 0 Å². The summed E-state index contributed by atoms with van der Waals surface area (Å²) in [4.78, 5) is 2.28. The van der Waals surface area contributed by atoms with Crippen molar-refractivity contribution >= 4 is 11.6 Å². The van der Waals surface area contributed by atoms with Gasteiger partial charge in [-0.25, -0.2) is 0 Å². The molecule has 0 N–H and O–H groups in total. The van der Waals surface area contributed by atoms with E-state index < -0.39 is 0 Å². The van der Waals surface area contributed by atoms with Crippen LogP contribution in [0.1, 0.15) is 18.9 Å². The lowest BCUT2D eigenvalue weighted by Crippen LogP contribution is -2.38. The number of hydrogen-bond donors (Lipinski definition) is 0. The first kappa shape index (κ1) is 13.5. The lowest BCUT2D eigenvalue weighted by Gasteiger charge is -2.30. The standard InChI is InChI=1S/C14H16ClN3O2/c1-10(18-5-7-19-8-6-18)13-16-17-14(20-13)11-3-2-4-12(15)9-11/h2-4,9-10H,5-8H2,1H3. The van der Waals surface area contributed by atoms with Gasteiger partial charge in [0.2, 0.25) is 11.8 Å². The summed E-state index contributed by atoms with van der Waals surface area (Å²) in [5.41, 5.74) is 0.838. The molecule has 1 fully saturated rings. The summed E-state index contributed by atoms with van der Waals surface area (Å²) in [6.45, 7) is 5.34. The smallest absolute Gasteiger partial charge is 0.247 e. The number of rotatable bonds is 3. The highest BCUT2D eigenvalue weighted by Crippen LogP contribution is 2.25. The van der Waals surface area contributed by atoms with Gasteiger partial charge in [-0.05, 0) is 25.1 Å². The minimum atomic E-state index is 0.0966. The number of hydrogen-bond acceptors (Lipinski definition) is 5. The molecule has 0 aliphatic carbocycles. The van der Waals surface area contributed by atoms with Crippen LogP contribution in [0.25, 0.3) is 11.5 Å². The van der Waals surface area contributed by atoms with Crippen molar-refractivity contribution in [3.8, 4) is 11.5 Å². The average Bonchev–Trinajstić information content (AvgIpc) is 2.97. The summed E-state index contributed by atoms with van der Waals surface area (Å²) in [5, 5.41) is 8.92. The predicted molar refractivity (Wildman–Crippen MR) is 75.6 cm³/mol. The van der Waals surface area contributed by atoms with E-state index in [-0.39, 0.29) is 6.04 Å². The zero-order valence-electron chi connectivity index (χ0n) is 11.3. The van der Waals surface area contributed by atoms with E-state index in [1.165, 1.54) is 0 Å². The Balaban J connectivity index is 1.79. The molecular formula is C14H16ClN3O2. The molecule has 1 aliphatic rings. The molecule has 2 aromatic rings. The van der Waals surface area contributed by atoms with Crippen molar-refractivity contribution in [1.29, 1.82) is 0 Å². The Morgan fingerprint density at radius 1 is 1.25 bits per heavy atom. The maximum absolute atomic E-state index is 5.97. The number of ether oxygens (including phenoxy) is 1. The van der Waals surface area contributed by atoms with Gasteiger partial charge in [-0.3, -0.25) is 4.90 Å².